The minimum Gasteiger partial charge on any atom is -0.463 e. The molecule has 0 aromatic heterocycles. The normalized spacial score (nSPS) is 15.2. The van der Waals surface area contributed by atoms with Gasteiger partial charge in [0.25, 0.3) is 0 Å². The van der Waals surface area contributed by atoms with Crippen molar-refractivity contribution in [2.45, 2.75) is 50.6 Å². The number of alkyl halides is 3. The molecule has 0 heterocycles. The number of rotatable bonds is 11. The van der Waals surface area contributed by atoms with Crippen molar-refractivity contribution in [1.82, 2.24) is 0 Å². The lowest BCUT2D eigenvalue weighted by Crippen LogP contribution is -2.27. The molecule has 0 spiro atoms. The van der Waals surface area contributed by atoms with E-state index < -0.39 is 24.0 Å². The number of aryl methyl sites for hydroxylation is 1. The van der Waals surface area contributed by atoms with Crippen LogP contribution in [0.3, 0.4) is 0 Å². The SMILES string of the molecule is C=CC(=O)OCCCCC1(C(=C)C)c2cc(-c3cccc(CCC(F)(F)F)c3)ccc2-c2ccc(-c3ccc4c5c(cccc35)-c3ccccc3-4)cc21. The quantitative estimate of drug-likeness (QED) is 0.0580. The van der Waals surface area contributed by atoms with Crippen LogP contribution in [0.15, 0.2) is 140 Å². The van der Waals surface area contributed by atoms with E-state index in [0.717, 1.165) is 51.8 Å². The molecule has 5 heteroatoms. The zero-order valence-corrected chi connectivity index (χ0v) is 29.7. The third-order valence-electron chi connectivity index (χ3n) is 11.2. The van der Waals surface area contributed by atoms with Crippen LogP contribution in [0.5, 0.6) is 0 Å². The molecule has 53 heavy (non-hydrogen) atoms. The fourth-order valence-electron chi connectivity index (χ4n) is 8.68. The third-order valence-corrected chi connectivity index (χ3v) is 11.2. The fourth-order valence-corrected chi connectivity index (χ4v) is 8.68. The van der Waals surface area contributed by atoms with Gasteiger partial charge in [0.05, 0.1) is 6.61 Å². The third kappa shape index (κ3) is 5.98. The minimum atomic E-state index is -4.21. The summed E-state index contributed by atoms with van der Waals surface area (Å²) in [6.45, 7) is 10.5. The molecule has 264 valence electrons. The van der Waals surface area contributed by atoms with Crippen LogP contribution in [0.2, 0.25) is 0 Å². The van der Waals surface area contributed by atoms with Crippen LogP contribution in [-0.2, 0) is 21.4 Å². The Hall–Kier alpha value is -5.68. The highest BCUT2D eigenvalue weighted by Gasteiger charge is 2.44. The summed E-state index contributed by atoms with van der Waals surface area (Å²) in [6.07, 6.45) is -1.76. The summed E-state index contributed by atoms with van der Waals surface area (Å²) in [5.74, 6) is -0.434. The molecule has 0 N–H and O–H groups in total. The molecule has 0 fully saturated rings. The number of esters is 1. The van der Waals surface area contributed by atoms with Crippen molar-refractivity contribution in [1.29, 1.82) is 0 Å². The van der Waals surface area contributed by atoms with E-state index >= 15 is 0 Å². The smallest absolute Gasteiger partial charge is 0.389 e. The summed E-state index contributed by atoms with van der Waals surface area (Å²) in [7, 11) is 0. The molecule has 2 aliphatic carbocycles. The Morgan fingerprint density at radius 3 is 2.00 bits per heavy atom. The summed E-state index contributed by atoms with van der Waals surface area (Å²) in [5, 5.41) is 2.49. The lowest BCUT2D eigenvalue weighted by molar-refractivity contribution is -0.138. The summed E-state index contributed by atoms with van der Waals surface area (Å²) in [6, 6.07) is 40.3. The van der Waals surface area contributed by atoms with Crippen molar-refractivity contribution in [3.63, 3.8) is 0 Å². The van der Waals surface area contributed by atoms with Crippen LogP contribution in [0.4, 0.5) is 13.2 Å². The Bertz CT molecular complexity index is 2420. The lowest BCUT2D eigenvalue weighted by Gasteiger charge is -2.34. The first kappa shape index (κ1) is 34.4. The molecule has 0 bridgehead atoms. The van der Waals surface area contributed by atoms with Crippen LogP contribution in [0, 0.1) is 0 Å². The maximum Gasteiger partial charge on any atom is 0.389 e. The molecule has 8 rings (SSSR count). The first-order chi connectivity index (χ1) is 25.6. The Morgan fingerprint density at radius 2 is 1.30 bits per heavy atom. The van der Waals surface area contributed by atoms with Crippen LogP contribution in [0.25, 0.3) is 66.4 Å². The molecule has 0 saturated carbocycles. The van der Waals surface area contributed by atoms with Crippen molar-refractivity contribution in [2.24, 2.45) is 0 Å². The number of unbranched alkanes of at least 4 members (excludes halogenated alkanes) is 1. The number of halogens is 3. The molecule has 0 radical (unpaired) electrons. The Balaban J connectivity index is 1.24. The zero-order chi connectivity index (χ0) is 36.9. The predicted octanol–water partition coefficient (Wildman–Crippen LogP) is 13.1. The molecule has 6 aromatic carbocycles. The summed E-state index contributed by atoms with van der Waals surface area (Å²) < 4.78 is 44.6. The Kier molecular flexibility index (Phi) is 8.69. The average molecular weight is 705 g/mol. The van der Waals surface area contributed by atoms with E-state index in [4.69, 9.17) is 4.74 Å². The van der Waals surface area contributed by atoms with E-state index in [9.17, 15) is 18.0 Å². The Labute approximate surface area is 308 Å². The van der Waals surface area contributed by atoms with Crippen LogP contribution in [-0.4, -0.2) is 18.8 Å². The second kappa shape index (κ2) is 13.4. The van der Waals surface area contributed by atoms with Crippen LogP contribution >= 0.6 is 0 Å². The Morgan fingerprint density at radius 1 is 0.698 bits per heavy atom. The molecule has 1 unspecified atom stereocenters. The van der Waals surface area contributed by atoms with Gasteiger partial charge in [-0.05, 0) is 128 Å². The van der Waals surface area contributed by atoms with Crippen LogP contribution < -0.4 is 0 Å². The van der Waals surface area contributed by atoms with Crippen molar-refractivity contribution in [2.75, 3.05) is 6.61 Å². The number of carbonyl (C=O) groups is 1. The van der Waals surface area contributed by atoms with Crippen LogP contribution in [0.1, 0.15) is 49.3 Å². The van der Waals surface area contributed by atoms with Crippen molar-refractivity contribution >= 4 is 16.7 Å². The van der Waals surface area contributed by atoms with Gasteiger partial charge in [0, 0.05) is 17.9 Å². The number of hydrogen-bond acceptors (Lipinski definition) is 2. The molecular weight excluding hydrogens is 666 g/mol. The van der Waals surface area contributed by atoms with E-state index in [2.05, 4.69) is 111 Å². The van der Waals surface area contributed by atoms with Crippen molar-refractivity contribution < 1.29 is 22.7 Å². The van der Waals surface area contributed by atoms with E-state index in [1.807, 2.05) is 18.2 Å². The van der Waals surface area contributed by atoms with Gasteiger partial charge in [-0.3, -0.25) is 0 Å². The number of ether oxygens (including phenoxy) is 1. The molecule has 6 aromatic rings. The van der Waals surface area contributed by atoms with Gasteiger partial charge in [0.1, 0.15) is 0 Å². The second-order valence-corrected chi connectivity index (χ2v) is 14.3. The first-order valence-corrected chi connectivity index (χ1v) is 18.2. The van der Waals surface area contributed by atoms with E-state index in [-0.39, 0.29) is 6.42 Å². The molecule has 2 nitrogen and oxygen atoms in total. The number of carbonyl (C=O) groups excluding carboxylic acids is 1. The lowest BCUT2D eigenvalue weighted by atomic mass is 9.69. The molecule has 0 amide bonds. The number of hydrogen-bond donors (Lipinski definition) is 0. The van der Waals surface area contributed by atoms with Gasteiger partial charge in [-0.15, -0.1) is 0 Å². The standard InChI is InChI=1S/C48H39F3O2/c1-4-45(52)53-26-8-7-24-47(30(2)3)43-28-33(32-12-9-11-31(27-32)23-25-48(49,50)51)17-19-38(43)39-20-18-34(29-44(39)47)35-21-22-42-37-14-6-5-13-36(37)41-16-10-15-40(35)46(41)42/h4-6,9-22,27-29H,1-2,7-8,23-26H2,3H3. The molecule has 1 atom stereocenters. The fraction of sp³-hybridized carbons (Fsp3) is 0.188. The topological polar surface area (TPSA) is 26.3 Å². The van der Waals surface area contributed by atoms with E-state index in [0.29, 0.717) is 18.6 Å². The maximum atomic E-state index is 13.1. The van der Waals surface area contributed by atoms with Gasteiger partial charge in [0.2, 0.25) is 0 Å². The molecule has 0 saturated heterocycles. The van der Waals surface area contributed by atoms with Gasteiger partial charge in [-0.1, -0.05) is 122 Å². The number of allylic oxidation sites excluding steroid dienone is 1. The summed E-state index contributed by atoms with van der Waals surface area (Å²) >= 11 is 0. The van der Waals surface area contributed by atoms with Crippen molar-refractivity contribution in [3.8, 4) is 55.6 Å². The van der Waals surface area contributed by atoms with E-state index in [1.165, 1.54) is 50.2 Å². The second-order valence-electron chi connectivity index (χ2n) is 14.3. The van der Waals surface area contributed by atoms with Gasteiger partial charge in [0.15, 0.2) is 0 Å². The largest absolute Gasteiger partial charge is 0.463 e. The van der Waals surface area contributed by atoms with Gasteiger partial charge in [-0.2, -0.15) is 13.2 Å². The van der Waals surface area contributed by atoms with E-state index in [1.54, 1.807) is 6.07 Å². The summed E-state index contributed by atoms with van der Waals surface area (Å²) in [5.41, 5.74) is 14.9. The monoisotopic (exact) mass is 704 g/mol. The minimum absolute atomic E-state index is 0.0636. The molecular formula is C48H39F3O2. The highest BCUT2D eigenvalue weighted by atomic mass is 19.4. The first-order valence-electron chi connectivity index (χ1n) is 18.2. The molecule has 2 aliphatic rings. The molecule has 0 aliphatic heterocycles. The number of fused-ring (bicyclic) bond motifs is 6. The van der Waals surface area contributed by atoms with Gasteiger partial charge in [-0.25, -0.2) is 4.79 Å². The maximum absolute atomic E-state index is 13.1. The summed E-state index contributed by atoms with van der Waals surface area (Å²) in [4.78, 5) is 11.8. The number of benzene rings is 6. The van der Waals surface area contributed by atoms with Gasteiger partial charge >= 0.3 is 12.1 Å². The highest BCUT2D eigenvalue weighted by molar-refractivity contribution is 6.18. The average Bonchev–Trinajstić information content (AvgIpc) is 3.64. The van der Waals surface area contributed by atoms with Crippen molar-refractivity contribution in [3.05, 3.63) is 157 Å². The predicted molar refractivity (Wildman–Crippen MR) is 210 cm³/mol. The highest BCUT2D eigenvalue weighted by Crippen LogP contribution is 2.57. The van der Waals surface area contributed by atoms with Gasteiger partial charge < -0.3 is 4.74 Å². The zero-order valence-electron chi connectivity index (χ0n) is 29.7.